The van der Waals surface area contributed by atoms with E-state index in [0.29, 0.717) is 5.41 Å². The quantitative estimate of drug-likeness (QED) is 0.743. The molecule has 1 saturated heterocycles. The van der Waals surface area contributed by atoms with Crippen molar-refractivity contribution in [1.82, 2.24) is 10.2 Å². The van der Waals surface area contributed by atoms with Gasteiger partial charge in [0.15, 0.2) is 0 Å². The van der Waals surface area contributed by atoms with E-state index in [9.17, 15) is 0 Å². The molecule has 2 nitrogen and oxygen atoms in total. The first-order chi connectivity index (χ1) is 7.89. The number of nitrogens with one attached hydrogen (secondary N) is 1. The van der Waals surface area contributed by atoms with Crippen LogP contribution in [0.4, 0.5) is 0 Å². The van der Waals surface area contributed by atoms with Gasteiger partial charge >= 0.3 is 0 Å². The van der Waals surface area contributed by atoms with Crippen molar-refractivity contribution in [2.24, 2.45) is 17.3 Å². The van der Waals surface area contributed by atoms with E-state index in [1.807, 2.05) is 0 Å². The standard InChI is InChI=1S/C15H32N2/c1-13(2)12-16-8-11-17-9-6-14(7-10-17)15(3,4)5/h13-14,16H,6-12H2,1-5H3. The molecule has 0 aromatic rings. The number of hydrogen-bond donors (Lipinski definition) is 1. The lowest BCUT2D eigenvalue weighted by Crippen LogP contribution is -2.41. The van der Waals surface area contributed by atoms with E-state index in [4.69, 9.17) is 0 Å². The average Bonchev–Trinajstić information content (AvgIpc) is 2.23. The van der Waals surface area contributed by atoms with Gasteiger partial charge in [-0.2, -0.15) is 0 Å². The predicted molar refractivity (Wildman–Crippen MR) is 76.3 cm³/mol. The summed E-state index contributed by atoms with van der Waals surface area (Å²) in [5.74, 6) is 1.68. The Kier molecular flexibility index (Phi) is 5.94. The maximum absolute atomic E-state index is 3.53. The Morgan fingerprint density at radius 2 is 1.76 bits per heavy atom. The van der Waals surface area contributed by atoms with Gasteiger partial charge in [-0.25, -0.2) is 0 Å². The van der Waals surface area contributed by atoms with Gasteiger partial charge in [0.1, 0.15) is 0 Å². The molecule has 0 aliphatic carbocycles. The zero-order chi connectivity index (χ0) is 12.9. The van der Waals surface area contributed by atoms with E-state index < -0.39 is 0 Å². The van der Waals surface area contributed by atoms with Gasteiger partial charge < -0.3 is 10.2 Å². The lowest BCUT2D eigenvalue weighted by atomic mass is 9.75. The van der Waals surface area contributed by atoms with E-state index in [-0.39, 0.29) is 0 Å². The Bertz CT molecular complexity index is 197. The van der Waals surface area contributed by atoms with E-state index in [0.717, 1.165) is 24.9 Å². The molecule has 1 aliphatic rings. The summed E-state index contributed by atoms with van der Waals surface area (Å²) < 4.78 is 0. The molecule has 0 saturated carbocycles. The highest BCUT2D eigenvalue weighted by Crippen LogP contribution is 2.33. The van der Waals surface area contributed by atoms with Gasteiger partial charge in [0.2, 0.25) is 0 Å². The van der Waals surface area contributed by atoms with Crippen LogP contribution >= 0.6 is 0 Å². The lowest BCUT2D eigenvalue weighted by Gasteiger charge is -2.38. The van der Waals surface area contributed by atoms with Crippen molar-refractivity contribution in [1.29, 1.82) is 0 Å². The maximum atomic E-state index is 3.53. The fraction of sp³-hybridized carbons (Fsp3) is 1.00. The Morgan fingerprint density at radius 1 is 1.18 bits per heavy atom. The first-order valence-corrected chi connectivity index (χ1v) is 7.32. The summed E-state index contributed by atoms with van der Waals surface area (Å²) in [6, 6.07) is 0. The average molecular weight is 240 g/mol. The topological polar surface area (TPSA) is 15.3 Å². The molecule has 1 heterocycles. The minimum atomic E-state index is 0.502. The van der Waals surface area contributed by atoms with Crippen LogP contribution in [-0.4, -0.2) is 37.6 Å². The number of rotatable bonds is 5. The van der Waals surface area contributed by atoms with Crippen LogP contribution < -0.4 is 5.32 Å². The number of likely N-dealkylation sites (tertiary alicyclic amines) is 1. The monoisotopic (exact) mass is 240 g/mol. The Hall–Kier alpha value is -0.0800. The third kappa shape index (κ3) is 5.87. The normalized spacial score (nSPS) is 20.1. The minimum absolute atomic E-state index is 0.502. The second-order valence-electron chi connectivity index (χ2n) is 7.08. The molecule has 102 valence electrons. The van der Waals surface area contributed by atoms with Crippen LogP contribution in [-0.2, 0) is 0 Å². The van der Waals surface area contributed by atoms with E-state index in [1.54, 1.807) is 0 Å². The summed E-state index contributed by atoms with van der Waals surface area (Å²) in [5, 5.41) is 3.53. The molecule has 0 radical (unpaired) electrons. The fourth-order valence-corrected chi connectivity index (χ4v) is 2.65. The van der Waals surface area contributed by atoms with Crippen molar-refractivity contribution < 1.29 is 0 Å². The second kappa shape index (κ2) is 6.75. The summed E-state index contributed by atoms with van der Waals surface area (Å²) >= 11 is 0. The number of piperidine rings is 1. The first-order valence-electron chi connectivity index (χ1n) is 7.32. The van der Waals surface area contributed by atoms with Gasteiger partial charge in [-0.3, -0.25) is 0 Å². The zero-order valence-electron chi connectivity index (χ0n) is 12.6. The molecular weight excluding hydrogens is 208 g/mol. The van der Waals surface area contributed by atoms with Crippen molar-refractivity contribution in [2.45, 2.75) is 47.5 Å². The van der Waals surface area contributed by atoms with Crippen molar-refractivity contribution >= 4 is 0 Å². The van der Waals surface area contributed by atoms with Crippen LogP contribution in [0.2, 0.25) is 0 Å². The molecule has 17 heavy (non-hydrogen) atoms. The van der Waals surface area contributed by atoms with Crippen LogP contribution in [0.1, 0.15) is 47.5 Å². The molecule has 0 aromatic heterocycles. The van der Waals surface area contributed by atoms with E-state index in [2.05, 4.69) is 44.8 Å². The van der Waals surface area contributed by atoms with Gasteiger partial charge in [0.05, 0.1) is 0 Å². The van der Waals surface area contributed by atoms with Crippen molar-refractivity contribution in [3.63, 3.8) is 0 Å². The van der Waals surface area contributed by atoms with Gasteiger partial charge in [-0.1, -0.05) is 34.6 Å². The molecule has 0 aromatic carbocycles. The largest absolute Gasteiger partial charge is 0.315 e. The summed E-state index contributed by atoms with van der Waals surface area (Å²) in [7, 11) is 0. The van der Waals surface area contributed by atoms with Crippen LogP contribution in [0.25, 0.3) is 0 Å². The summed E-state index contributed by atoms with van der Waals surface area (Å²) in [6.45, 7) is 17.8. The van der Waals surface area contributed by atoms with Crippen molar-refractivity contribution in [3.05, 3.63) is 0 Å². The summed E-state index contributed by atoms with van der Waals surface area (Å²) in [4.78, 5) is 2.62. The molecule has 0 atom stereocenters. The third-order valence-electron chi connectivity index (χ3n) is 3.97. The van der Waals surface area contributed by atoms with Gasteiger partial charge in [-0.15, -0.1) is 0 Å². The molecule has 2 heteroatoms. The van der Waals surface area contributed by atoms with Crippen LogP contribution in [0.5, 0.6) is 0 Å². The van der Waals surface area contributed by atoms with Crippen LogP contribution in [0, 0.1) is 17.3 Å². The van der Waals surface area contributed by atoms with Crippen molar-refractivity contribution in [3.8, 4) is 0 Å². The molecular formula is C15H32N2. The van der Waals surface area contributed by atoms with Crippen LogP contribution in [0.3, 0.4) is 0 Å². The van der Waals surface area contributed by atoms with Gasteiger partial charge in [0.25, 0.3) is 0 Å². The highest BCUT2D eigenvalue weighted by molar-refractivity contribution is 4.80. The van der Waals surface area contributed by atoms with E-state index in [1.165, 1.54) is 32.5 Å². The lowest BCUT2D eigenvalue weighted by molar-refractivity contribution is 0.113. The first kappa shape index (κ1) is 15.0. The number of nitrogens with zero attached hydrogens (tertiary/aromatic N) is 1. The molecule has 0 amide bonds. The molecule has 1 rings (SSSR count). The molecule has 0 unspecified atom stereocenters. The highest BCUT2D eigenvalue weighted by atomic mass is 15.1. The smallest absolute Gasteiger partial charge is 0.0107 e. The van der Waals surface area contributed by atoms with Gasteiger partial charge in [-0.05, 0) is 49.7 Å². The number of hydrogen-bond acceptors (Lipinski definition) is 2. The summed E-state index contributed by atoms with van der Waals surface area (Å²) in [6.07, 6.45) is 2.77. The summed E-state index contributed by atoms with van der Waals surface area (Å²) in [5.41, 5.74) is 0.502. The Labute approximate surface area is 108 Å². The van der Waals surface area contributed by atoms with Crippen LogP contribution in [0.15, 0.2) is 0 Å². The Balaban J connectivity index is 2.11. The molecule has 1 N–H and O–H groups in total. The van der Waals surface area contributed by atoms with Gasteiger partial charge in [0, 0.05) is 13.1 Å². The molecule has 0 spiro atoms. The van der Waals surface area contributed by atoms with Crippen molar-refractivity contribution in [2.75, 3.05) is 32.7 Å². The minimum Gasteiger partial charge on any atom is -0.315 e. The maximum Gasteiger partial charge on any atom is 0.0107 e. The van der Waals surface area contributed by atoms with E-state index >= 15 is 0 Å². The molecule has 1 fully saturated rings. The third-order valence-corrected chi connectivity index (χ3v) is 3.97. The SMILES string of the molecule is CC(C)CNCCN1CCC(C(C)(C)C)CC1. The Morgan fingerprint density at radius 3 is 2.24 bits per heavy atom. The highest BCUT2D eigenvalue weighted by Gasteiger charge is 2.28. The second-order valence-corrected chi connectivity index (χ2v) is 7.08. The predicted octanol–water partition coefficient (Wildman–Crippen LogP) is 2.99. The molecule has 0 bridgehead atoms. The molecule has 1 aliphatic heterocycles. The zero-order valence-corrected chi connectivity index (χ0v) is 12.6. The fourth-order valence-electron chi connectivity index (χ4n) is 2.65.